The molecule has 2 aliphatic carbocycles. The molecule has 80 valence electrons. The fraction of sp³-hybridized carbons (Fsp3) is 0.909. The van der Waals surface area contributed by atoms with E-state index in [4.69, 9.17) is 5.73 Å². The maximum Gasteiger partial charge on any atom is 0.237 e. The van der Waals surface area contributed by atoms with E-state index in [1.807, 2.05) is 0 Å². The van der Waals surface area contributed by atoms with Gasteiger partial charge < -0.3 is 11.1 Å². The molecule has 0 saturated heterocycles. The van der Waals surface area contributed by atoms with Crippen molar-refractivity contribution in [2.75, 3.05) is 0 Å². The van der Waals surface area contributed by atoms with Gasteiger partial charge in [0, 0.05) is 6.04 Å². The number of nitrogens with two attached hydrogens (primary N) is 1. The van der Waals surface area contributed by atoms with Crippen molar-refractivity contribution in [1.29, 1.82) is 0 Å². The van der Waals surface area contributed by atoms with Gasteiger partial charge in [-0.15, -0.1) is 0 Å². The third kappa shape index (κ3) is 1.78. The van der Waals surface area contributed by atoms with Crippen LogP contribution in [0, 0.1) is 11.8 Å². The molecule has 0 aliphatic heterocycles. The summed E-state index contributed by atoms with van der Waals surface area (Å²) in [5, 5.41) is 3.05. The fourth-order valence-corrected chi connectivity index (χ4v) is 2.17. The average molecular weight is 196 g/mol. The third-order valence-electron chi connectivity index (χ3n) is 3.91. The van der Waals surface area contributed by atoms with Crippen LogP contribution >= 0.6 is 0 Å². The maximum absolute atomic E-state index is 11.7. The van der Waals surface area contributed by atoms with Crippen molar-refractivity contribution in [3.8, 4) is 0 Å². The van der Waals surface area contributed by atoms with E-state index in [9.17, 15) is 4.79 Å². The van der Waals surface area contributed by atoms with Gasteiger partial charge in [-0.3, -0.25) is 4.79 Å². The molecule has 0 aromatic rings. The maximum atomic E-state index is 11.7. The molecule has 0 aromatic carbocycles. The Kier molecular flexibility index (Phi) is 2.77. The van der Waals surface area contributed by atoms with Crippen LogP contribution in [0.15, 0.2) is 0 Å². The molecule has 2 fully saturated rings. The molecular formula is C11H20N2O. The van der Waals surface area contributed by atoms with Crippen LogP contribution in [0.25, 0.3) is 0 Å². The minimum absolute atomic E-state index is 0.0752. The Morgan fingerprint density at radius 2 is 2.07 bits per heavy atom. The highest BCUT2D eigenvalue weighted by molar-refractivity contribution is 5.82. The largest absolute Gasteiger partial charge is 0.352 e. The zero-order chi connectivity index (χ0) is 10.1. The topological polar surface area (TPSA) is 55.1 Å². The van der Waals surface area contributed by atoms with Crippen LogP contribution in [0.5, 0.6) is 0 Å². The summed E-state index contributed by atoms with van der Waals surface area (Å²) in [6, 6.07) is 0.144. The lowest BCUT2D eigenvalue weighted by Crippen LogP contribution is -2.54. The first-order valence-corrected chi connectivity index (χ1v) is 5.74. The van der Waals surface area contributed by atoms with Gasteiger partial charge in [0.1, 0.15) is 0 Å². The standard InChI is InChI=1S/C11H20N2O/c1-7-5-6-9(7)13-11(14)10(12)8-3-2-4-8/h7-10H,2-6,12H2,1H3,(H,13,14). The van der Waals surface area contributed by atoms with Crippen molar-refractivity contribution in [2.45, 2.75) is 51.1 Å². The zero-order valence-electron chi connectivity index (χ0n) is 8.83. The molecule has 0 bridgehead atoms. The van der Waals surface area contributed by atoms with Crippen LogP contribution in [-0.2, 0) is 4.79 Å². The monoisotopic (exact) mass is 196 g/mol. The minimum Gasteiger partial charge on any atom is -0.352 e. The molecule has 14 heavy (non-hydrogen) atoms. The van der Waals surface area contributed by atoms with E-state index in [2.05, 4.69) is 12.2 Å². The quantitative estimate of drug-likeness (QED) is 0.708. The molecule has 3 unspecified atom stereocenters. The van der Waals surface area contributed by atoms with Crippen LogP contribution in [0.3, 0.4) is 0 Å². The first kappa shape index (κ1) is 9.97. The van der Waals surface area contributed by atoms with E-state index < -0.39 is 0 Å². The van der Waals surface area contributed by atoms with E-state index in [-0.39, 0.29) is 11.9 Å². The number of hydrogen-bond acceptors (Lipinski definition) is 2. The van der Waals surface area contributed by atoms with Crippen molar-refractivity contribution >= 4 is 5.91 Å². The normalized spacial score (nSPS) is 34.1. The molecule has 0 heterocycles. The minimum atomic E-state index is -0.253. The van der Waals surface area contributed by atoms with Gasteiger partial charge in [-0.1, -0.05) is 13.3 Å². The van der Waals surface area contributed by atoms with Crippen molar-refractivity contribution in [2.24, 2.45) is 17.6 Å². The Bertz CT molecular complexity index is 225. The van der Waals surface area contributed by atoms with E-state index in [1.165, 1.54) is 12.8 Å². The van der Waals surface area contributed by atoms with Gasteiger partial charge in [0.05, 0.1) is 6.04 Å². The van der Waals surface area contributed by atoms with E-state index >= 15 is 0 Å². The Labute approximate surface area is 85.4 Å². The molecule has 3 heteroatoms. The van der Waals surface area contributed by atoms with E-state index in [0.29, 0.717) is 17.9 Å². The van der Waals surface area contributed by atoms with Gasteiger partial charge in [-0.2, -0.15) is 0 Å². The summed E-state index contributed by atoms with van der Waals surface area (Å²) >= 11 is 0. The smallest absolute Gasteiger partial charge is 0.237 e. The highest BCUT2D eigenvalue weighted by Gasteiger charge is 2.33. The van der Waals surface area contributed by atoms with Crippen molar-refractivity contribution in [3.63, 3.8) is 0 Å². The number of amides is 1. The molecule has 3 nitrogen and oxygen atoms in total. The highest BCUT2D eigenvalue weighted by Crippen LogP contribution is 2.30. The summed E-state index contributed by atoms with van der Waals surface area (Å²) in [6.07, 6.45) is 5.88. The molecule has 2 rings (SSSR count). The average Bonchev–Trinajstić information content (AvgIpc) is 2.08. The molecule has 0 aromatic heterocycles. The second-order valence-corrected chi connectivity index (χ2v) is 4.89. The number of nitrogens with one attached hydrogen (secondary N) is 1. The number of hydrogen-bond donors (Lipinski definition) is 2. The number of carbonyl (C=O) groups is 1. The lowest BCUT2D eigenvalue weighted by atomic mass is 9.78. The summed E-state index contributed by atoms with van der Waals surface area (Å²) in [5.41, 5.74) is 5.88. The van der Waals surface area contributed by atoms with Crippen LogP contribution in [0.1, 0.15) is 39.0 Å². The summed E-state index contributed by atoms with van der Waals surface area (Å²) in [4.78, 5) is 11.7. The number of carbonyl (C=O) groups excluding carboxylic acids is 1. The van der Waals surface area contributed by atoms with Crippen LogP contribution < -0.4 is 11.1 Å². The van der Waals surface area contributed by atoms with Crippen LogP contribution in [0.4, 0.5) is 0 Å². The highest BCUT2D eigenvalue weighted by atomic mass is 16.2. The van der Waals surface area contributed by atoms with Gasteiger partial charge in [-0.25, -0.2) is 0 Å². The van der Waals surface area contributed by atoms with Gasteiger partial charge >= 0.3 is 0 Å². The van der Waals surface area contributed by atoms with Crippen molar-refractivity contribution < 1.29 is 4.79 Å². The van der Waals surface area contributed by atoms with Crippen LogP contribution in [0.2, 0.25) is 0 Å². The summed E-state index contributed by atoms with van der Waals surface area (Å²) < 4.78 is 0. The van der Waals surface area contributed by atoms with Crippen LogP contribution in [-0.4, -0.2) is 18.0 Å². The molecule has 0 radical (unpaired) electrons. The Morgan fingerprint density at radius 3 is 2.43 bits per heavy atom. The molecule has 1 amide bonds. The second-order valence-electron chi connectivity index (χ2n) is 4.89. The predicted molar refractivity (Wildman–Crippen MR) is 55.6 cm³/mol. The molecule has 3 N–H and O–H groups in total. The zero-order valence-corrected chi connectivity index (χ0v) is 8.83. The Morgan fingerprint density at radius 1 is 1.36 bits per heavy atom. The van der Waals surface area contributed by atoms with Gasteiger partial charge in [0.25, 0.3) is 0 Å². The summed E-state index contributed by atoms with van der Waals surface area (Å²) in [7, 11) is 0. The van der Waals surface area contributed by atoms with Crippen molar-refractivity contribution in [3.05, 3.63) is 0 Å². The number of rotatable bonds is 3. The van der Waals surface area contributed by atoms with Gasteiger partial charge in [0.2, 0.25) is 5.91 Å². The Balaban J connectivity index is 1.76. The van der Waals surface area contributed by atoms with Gasteiger partial charge in [-0.05, 0) is 37.5 Å². The van der Waals surface area contributed by atoms with E-state index in [0.717, 1.165) is 19.3 Å². The molecule has 2 aliphatic rings. The SMILES string of the molecule is CC1CCC1NC(=O)C(N)C1CCC1. The lowest BCUT2D eigenvalue weighted by molar-refractivity contribution is -0.126. The summed E-state index contributed by atoms with van der Waals surface area (Å²) in [5.74, 6) is 1.17. The second kappa shape index (κ2) is 3.89. The fourth-order valence-electron chi connectivity index (χ4n) is 2.17. The first-order valence-electron chi connectivity index (χ1n) is 5.74. The lowest BCUT2D eigenvalue weighted by Gasteiger charge is -2.37. The van der Waals surface area contributed by atoms with Crippen molar-refractivity contribution in [1.82, 2.24) is 5.32 Å². The molecule has 0 spiro atoms. The third-order valence-corrected chi connectivity index (χ3v) is 3.91. The molecule has 3 atom stereocenters. The van der Waals surface area contributed by atoms with E-state index in [1.54, 1.807) is 0 Å². The predicted octanol–water partition coefficient (Wildman–Crippen LogP) is 1.03. The first-order chi connectivity index (χ1) is 6.68. The Hall–Kier alpha value is -0.570. The summed E-state index contributed by atoms with van der Waals surface area (Å²) in [6.45, 7) is 2.18. The molecular weight excluding hydrogens is 176 g/mol. The van der Waals surface area contributed by atoms with Gasteiger partial charge in [0.15, 0.2) is 0 Å². The molecule has 2 saturated carbocycles.